The van der Waals surface area contributed by atoms with Crippen molar-refractivity contribution in [2.75, 3.05) is 18.2 Å². The lowest BCUT2D eigenvalue weighted by Gasteiger charge is -2.20. The van der Waals surface area contributed by atoms with Crippen molar-refractivity contribution in [1.29, 1.82) is 0 Å². The van der Waals surface area contributed by atoms with E-state index in [1.54, 1.807) is 23.5 Å². The summed E-state index contributed by atoms with van der Waals surface area (Å²) in [6, 6.07) is 0.125. The zero-order chi connectivity index (χ0) is 10.6. The molecule has 0 radical (unpaired) electrons. The summed E-state index contributed by atoms with van der Waals surface area (Å²) < 4.78 is 1.56. The molecule has 0 spiro atoms. The van der Waals surface area contributed by atoms with Crippen molar-refractivity contribution in [3.05, 3.63) is 0 Å². The van der Waals surface area contributed by atoms with Gasteiger partial charge in [0.05, 0.1) is 6.61 Å². The molecule has 0 aliphatic rings. The largest absolute Gasteiger partial charge is 0.395 e. The maximum Gasteiger partial charge on any atom is 0.242 e. The van der Waals surface area contributed by atoms with E-state index in [4.69, 9.17) is 5.11 Å². The molecule has 0 saturated carbocycles. The van der Waals surface area contributed by atoms with E-state index < -0.39 is 0 Å². The SMILES string of the molecule is CSC(CO)C(C)Nc1nnnn1C. The van der Waals surface area contributed by atoms with Gasteiger partial charge in [0.15, 0.2) is 0 Å². The molecule has 1 aromatic rings. The number of aliphatic hydroxyl groups excluding tert-OH is 1. The molecule has 0 aromatic carbocycles. The molecule has 0 bridgehead atoms. The van der Waals surface area contributed by atoms with E-state index in [2.05, 4.69) is 20.8 Å². The van der Waals surface area contributed by atoms with E-state index in [-0.39, 0.29) is 17.9 Å². The Morgan fingerprint density at radius 2 is 2.36 bits per heavy atom. The van der Waals surface area contributed by atoms with Gasteiger partial charge in [-0.15, -0.1) is 0 Å². The smallest absolute Gasteiger partial charge is 0.242 e. The van der Waals surface area contributed by atoms with Gasteiger partial charge in [-0.1, -0.05) is 5.10 Å². The molecule has 0 aliphatic heterocycles. The number of thioether (sulfide) groups is 1. The van der Waals surface area contributed by atoms with Gasteiger partial charge in [-0.05, 0) is 23.6 Å². The second-order valence-corrected chi connectivity index (χ2v) is 4.09. The van der Waals surface area contributed by atoms with Crippen LogP contribution in [0.3, 0.4) is 0 Å². The topological polar surface area (TPSA) is 75.9 Å². The molecule has 14 heavy (non-hydrogen) atoms. The maximum absolute atomic E-state index is 9.08. The van der Waals surface area contributed by atoms with E-state index in [1.807, 2.05) is 13.2 Å². The van der Waals surface area contributed by atoms with Gasteiger partial charge in [-0.25, -0.2) is 4.68 Å². The number of nitrogens with zero attached hydrogens (tertiary/aromatic N) is 4. The Kier molecular flexibility index (Phi) is 4.15. The number of tetrazole rings is 1. The van der Waals surface area contributed by atoms with Crippen molar-refractivity contribution >= 4 is 17.7 Å². The monoisotopic (exact) mass is 217 g/mol. The first-order valence-corrected chi connectivity index (χ1v) is 5.60. The van der Waals surface area contributed by atoms with Crippen LogP contribution >= 0.6 is 11.8 Å². The average molecular weight is 217 g/mol. The van der Waals surface area contributed by atoms with Crippen LogP contribution in [0.1, 0.15) is 6.92 Å². The normalized spacial score (nSPS) is 15.1. The molecule has 0 amide bonds. The van der Waals surface area contributed by atoms with Gasteiger partial charge in [-0.3, -0.25) is 0 Å². The zero-order valence-electron chi connectivity index (χ0n) is 8.51. The lowest BCUT2D eigenvalue weighted by atomic mass is 10.2. The molecule has 0 saturated heterocycles. The lowest BCUT2D eigenvalue weighted by Crippen LogP contribution is -2.32. The molecule has 80 valence electrons. The molecule has 1 rings (SSSR count). The minimum atomic E-state index is 0.125. The van der Waals surface area contributed by atoms with E-state index in [1.165, 1.54) is 0 Å². The Labute approximate surface area is 87.1 Å². The van der Waals surface area contributed by atoms with Gasteiger partial charge in [0, 0.05) is 18.3 Å². The number of aliphatic hydroxyl groups is 1. The van der Waals surface area contributed by atoms with Crippen molar-refractivity contribution in [2.45, 2.75) is 18.2 Å². The average Bonchev–Trinajstić information content (AvgIpc) is 2.54. The summed E-state index contributed by atoms with van der Waals surface area (Å²) in [6.45, 7) is 2.13. The number of nitrogens with one attached hydrogen (secondary N) is 1. The molecule has 0 fully saturated rings. The summed E-state index contributed by atoms with van der Waals surface area (Å²) in [4.78, 5) is 0. The minimum absolute atomic E-state index is 0.125. The second-order valence-electron chi connectivity index (χ2n) is 3.02. The molecule has 2 atom stereocenters. The molecule has 2 unspecified atom stereocenters. The molecular weight excluding hydrogens is 202 g/mol. The van der Waals surface area contributed by atoms with Gasteiger partial charge in [-0.2, -0.15) is 11.8 Å². The van der Waals surface area contributed by atoms with Crippen molar-refractivity contribution in [3.8, 4) is 0 Å². The van der Waals surface area contributed by atoms with E-state index in [0.717, 1.165) is 0 Å². The highest BCUT2D eigenvalue weighted by molar-refractivity contribution is 7.99. The highest BCUT2D eigenvalue weighted by atomic mass is 32.2. The maximum atomic E-state index is 9.08. The highest BCUT2D eigenvalue weighted by Gasteiger charge is 2.16. The van der Waals surface area contributed by atoms with Crippen molar-refractivity contribution in [3.63, 3.8) is 0 Å². The van der Waals surface area contributed by atoms with Crippen LogP contribution in [-0.2, 0) is 7.05 Å². The first-order chi connectivity index (χ1) is 6.69. The molecule has 6 nitrogen and oxygen atoms in total. The Hall–Kier alpha value is -0.820. The van der Waals surface area contributed by atoms with Gasteiger partial charge >= 0.3 is 0 Å². The second kappa shape index (κ2) is 5.16. The van der Waals surface area contributed by atoms with E-state index in [0.29, 0.717) is 5.95 Å². The van der Waals surface area contributed by atoms with Crippen LogP contribution in [0.4, 0.5) is 5.95 Å². The number of hydrogen-bond donors (Lipinski definition) is 2. The van der Waals surface area contributed by atoms with Crippen LogP contribution in [0, 0.1) is 0 Å². The predicted octanol–water partition coefficient (Wildman–Crippen LogP) is -0.266. The third-order valence-electron chi connectivity index (χ3n) is 2.02. The number of aryl methyl sites for hydroxylation is 1. The number of aromatic nitrogens is 4. The predicted molar refractivity (Wildman–Crippen MR) is 56.3 cm³/mol. The highest BCUT2D eigenvalue weighted by Crippen LogP contribution is 2.13. The van der Waals surface area contributed by atoms with Gasteiger partial charge in [0.2, 0.25) is 5.95 Å². The first kappa shape index (κ1) is 11.3. The molecule has 7 heteroatoms. The van der Waals surface area contributed by atoms with Crippen LogP contribution < -0.4 is 5.32 Å². The van der Waals surface area contributed by atoms with Crippen molar-refractivity contribution < 1.29 is 5.11 Å². The molecule has 1 aromatic heterocycles. The minimum Gasteiger partial charge on any atom is -0.395 e. The summed E-state index contributed by atoms with van der Waals surface area (Å²) in [6.07, 6.45) is 1.97. The first-order valence-electron chi connectivity index (χ1n) is 4.31. The summed E-state index contributed by atoms with van der Waals surface area (Å²) >= 11 is 1.62. The molecular formula is C7H15N5OS. The summed E-state index contributed by atoms with van der Waals surface area (Å²) in [7, 11) is 1.77. The standard InChI is InChI=1S/C7H15N5OS/c1-5(6(4-13)14-3)8-7-9-10-11-12(7)2/h5-6,13H,4H2,1-3H3,(H,8,9,11). The van der Waals surface area contributed by atoms with E-state index in [9.17, 15) is 0 Å². The Bertz CT molecular complexity index is 275. The summed E-state index contributed by atoms with van der Waals surface area (Å²) in [5, 5.41) is 23.4. The third-order valence-corrected chi connectivity index (χ3v) is 3.18. The van der Waals surface area contributed by atoms with Gasteiger partial charge in [0.25, 0.3) is 0 Å². The quantitative estimate of drug-likeness (QED) is 0.707. The van der Waals surface area contributed by atoms with Crippen molar-refractivity contribution in [2.24, 2.45) is 7.05 Å². The fourth-order valence-electron chi connectivity index (χ4n) is 1.09. The van der Waals surface area contributed by atoms with Crippen molar-refractivity contribution in [1.82, 2.24) is 20.2 Å². The lowest BCUT2D eigenvalue weighted by molar-refractivity contribution is 0.288. The van der Waals surface area contributed by atoms with Crippen LogP contribution in [0.5, 0.6) is 0 Å². The Morgan fingerprint density at radius 1 is 1.64 bits per heavy atom. The zero-order valence-corrected chi connectivity index (χ0v) is 9.32. The van der Waals surface area contributed by atoms with E-state index >= 15 is 0 Å². The Morgan fingerprint density at radius 3 is 2.79 bits per heavy atom. The third kappa shape index (κ3) is 2.58. The van der Waals surface area contributed by atoms with Crippen LogP contribution in [0.25, 0.3) is 0 Å². The van der Waals surface area contributed by atoms with Gasteiger partial charge in [0.1, 0.15) is 0 Å². The van der Waals surface area contributed by atoms with Crippen LogP contribution in [0.15, 0.2) is 0 Å². The molecule has 2 N–H and O–H groups in total. The molecule has 0 aliphatic carbocycles. The number of hydrogen-bond acceptors (Lipinski definition) is 6. The number of rotatable bonds is 5. The Balaban J connectivity index is 2.56. The number of anilines is 1. The summed E-state index contributed by atoms with van der Waals surface area (Å²) in [5.41, 5.74) is 0. The van der Waals surface area contributed by atoms with Crippen LogP contribution in [0.2, 0.25) is 0 Å². The van der Waals surface area contributed by atoms with Gasteiger partial charge < -0.3 is 10.4 Å². The summed E-state index contributed by atoms with van der Waals surface area (Å²) in [5.74, 6) is 0.616. The molecule has 1 heterocycles. The van der Waals surface area contributed by atoms with Crippen LogP contribution in [-0.4, -0.2) is 49.5 Å². The fourth-order valence-corrected chi connectivity index (χ4v) is 1.71. The fraction of sp³-hybridized carbons (Fsp3) is 0.857.